The molecule has 1 aromatic rings. The minimum Gasteiger partial charge on any atom is -0.198 e. The summed E-state index contributed by atoms with van der Waals surface area (Å²) < 4.78 is 0. The summed E-state index contributed by atoms with van der Waals surface area (Å²) in [6, 6.07) is 2.03. The molecule has 1 rings (SSSR count). The van der Waals surface area contributed by atoms with Gasteiger partial charge in [-0.2, -0.15) is 16.6 Å². The lowest BCUT2D eigenvalue weighted by Crippen LogP contribution is -1.73. The molecule has 0 bridgehead atoms. The standard InChI is InChI=1S/C6H4ClNS/c7-6-4-9-3-5(6)1-2-8/h3-4H,1H2. The Morgan fingerprint density at radius 3 is 2.89 bits per heavy atom. The molecule has 0 radical (unpaired) electrons. The van der Waals surface area contributed by atoms with E-state index in [0.717, 1.165) is 5.56 Å². The normalized spacial score (nSPS) is 8.89. The highest BCUT2D eigenvalue weighted by molar-refractivity contribution is 7.08. The van der Waals surface area contributed by atoms with E-state index in [4.69, 9.17) is 16.9 Å². The Balaban J connectivity index is 2.84. The minimum absolute atomic E-state index is 0.419. The van der Waals surface area contributed by atoms with E-state index in [2.05, 4.69) is 0 Å². The zero-order chi connectivity index (χ0) is 6.69. The first-order chi connectivity index (χ1) is 4.34. The molecular formula is C6H4ClNS. The molecule has 0 fully saturated rings. The van der Waals surface area contributed by atoms with Crippen LogP contribution in [0.5, 0.6) is 0 Å². The van der Waals surface area contributed by atoms with Crippen molar-refractivity contribution < 1.29 is 0 Å². The summed E-state index contributed by atoms with van der Waals surface area (Å²) in [5, 5.41) is 12.7. The van der Waals surface area contributed by atoms with E-state index in [9.17, 15) is 0 Å². The fraction of sp³-hybridized carbons (Fsp3) is 0.167. The molecule has 0 atom stereocenters. The average Bonchev–Trinajstić information content (AvgIpc) is 2.18. The maximum atomic E-state index is 8.26. The average molecular weight is 158 g/mol. The van der Waals surface area contributed by atoms with Crippen LogP contribution in [0.4, 0.5) is 0 Å². The maximum Gasteiger partial charge on any atom is 0.0670 e. The second-order valence-corrected chi connectivity index (χ2v) is 2.73. The van der Waals surface area contributed by atoms with Gasteiger partial charge < -0.3 is 0 Å². The van der Waals surface area contributed by atoms with Crippen molar-refractivity contribution in [2.24, 2.45) is 0 Å². The number of nitrogens with zero attached hydrogens (tertiary/aromatic N) is 1. The van der Waals surface area contributed by atoms with Gasteiger partial charge in [0, 0.05) is 5.38 Å². The van der Waals surface area contributed by atoms with Crippen molar-refractivity contribution in [1.82, 2.24) is 0 Å². The van der Waals surface area contributed by atoms with Crippen molar-refractivity contribution >= 4 is 22.9 Å². The molecule has 3 heteroatoms. The van der Waals surface area contributed by atoms with E-state index >= 15 is 0 Å². The van der Waals surface area contributed by atoms with Crippen LogP contribution in [0.25, 0.3) is 0 Å². The molecular weight excluding hydrogens is 154 g/mol. The minimum atomic E-state index is 0.419. The molecule has 0 saturated heterocycles. The molecule has 0 aliphatic rings. The number of nitriles is 1. The monoisotopic (exact) mass is 157 g/mol. The lowest BCUT2D eigenvalue weighted by molar-refractivity contribution is 1.29. The van der Waals surface area contributed by atoms with Crippen LogP contribution in [0.3, 0.4) is 0 Å². The third-order valence-electron chi connectivity index (χ3n) is 0.958. The number of hydrogen-bond acceptors (Lipinski definition) is 2. The topological polar surface area (TPSA) is 23.8 Å². The van der Waals surface area contributed by atoms with Gasteiger partial charge in [0.15, 0.2) is 0 Å². The van der Waals surface area contributed by atoms with Crippen molar-refractivity contribution in [3.8, 4) is 6.07 Å². The quantitative estimate of drug-likeness (QED) is 0.615. The van der Waals surface area contributed by atoms with Crippen LogP contribution in [-0.4, -0.2) is 0 Å². The summed E-state index contributed by atoms with van der Waals surface area (Å²) in [5.74, 6) is 0. The van der Waals surface area contributed by atoms with Gasteiger partial charge in [0.25, 0.3) is 0 Å². The molecule has 0 aliphatic carbocycles. The van der Waals surface area contributed by atoms with Crippen LogP contribution < -0.4 is 0 Å². The number of thiophene rings is 1. The summed E-state index contributed by atoms with van der Waals surface area (Å²) in [6.45, 7) is 0. The van der Waals surface area contributed by atoms with Crippen LogP contribution in [-0.2, 0) is 6.42 Å². The van der Waals surface area contributed by atoms with E-state index in [1.165, 1.54) is 11.3 Å². The molecule has 1 heterocycles. The Labute approximate surface area is 62.5 Å². The second-order valence-electron chi connectivity index (χ2n) is 1.58. The third kappa shape index (κ3) is 1.44. The summed E-state index contributed by atoms with van der Waals surface area (Å²) >= 11 is 7.20. The first-order valence-electron chi connectivity index (χ1n) is 2.42. The van der Waals surface area contributed by atoms with Crippen LogP contribution in [0.2, 0.25) is 5.02 Å². The van der Waals surface area contributed by atoms with Crippen LogP contribution in [0.15, 0.2) is 10.8 Å². The second kappa shape index (κ2) is 2.86. The van der Waals surface area contributed by atoms with E-state index in [1.807, 2.05) is 16.8 Å². The van der Waals surface area contributed by atoms with Crippen LogP contribution >= 0.6 is 22.9 Å². The van der Waals surface area contributed by atoms with Gasteiger partial charge in [-0.05, 0) is 10.9 Å². The number of rotatable bonds is 1. The fourth-order valence-electron chi connectivity index (χ4n) is 0.519. The van der Waals surface area contributed by atoms with Gasteiger partial charge in [0.2, 0.25) is 0 Å². The third-order valence-corrected chi connectivity index (χ3v) is 2.23. The van der Waals surface area contributed by atoms with Crippen molar-refractivity contribution in [3.05, 3.63) is 21.3 Å². The molecule has 0 spiro atoms. The zero-order valence-corrected chi connectivity index (χ0v) is 6.17. The molecule has 0 amide bonds. The predicted molar refractivity (Wildman–Crippen MR) is 38.6 cm³/mol. The first kappa shape index (κ1) is 6.60. The smallest absolute Gasteiger partial charge is 0.0670 e. The number of halogens is 1. The fourth-order valence-corrected chi connectivity index (χ4v) is 1.57. The number of hydrogen-bond donors (Lipinski definition) is 0. The molecule has 9 heavy (non-hydrogen) atoms. The Morgan fingerprint density at radius 1 is 1.67 bits per heavy atom. The van der Waals surface area contributed by atoms with Gasteiger partial charge in [-0.15, -0.1) is 0 Å². The van der Waals surface area contributed by atoms with Gasteiger partial charge in [-0.3, -0.25) is 0 Å². The highest BCUT2D eigenvalue weighted by Gasteiger charge is 1.97. The predicted octanol–water partition coefficient (Wildman–Crippen LogP) is 2.47. The molecule has 1 nitrogen and oxygen atoms in total. The van der Waals surface area contributed by atoms with E-state index in [1.54, 1.807) is 0 Å². The maximum absolute atomic E-state index is 8.26. The van der Waals surface area contributed by atoms with E-state index in [0.29, 0.717) is 11.4 Å². The highest BCUT2D eigenvalue weighted by atomic mass is 35.5. The zero-order valence-electron chi connectivity index (χ0n) is 4.60. The lowest BCUT2D eigenvalue weighted by Gasteiger charge is -1.83. The molecule has 0 N–H and O–H groups in total. The van der Waals surface area contributed by atoms with Gasteiger partial charge in [-0.1, -0.05) is 11.6 Å². The molecule has 46 valence electrons. The Bertz CT molecular complexity index is 235. The largest absolute Gasteiger partial charge is 0.198 e. The van der Waals surface area contributed by atoms with Crippen molar-refractivity contribution in [2.75, 3.05) is 0 Å². The first-order valence-corrected chi connectivity index (χ1v) is 3.74. The van der Waals surface area contributed by atoms with Crippen LogP contribution in [0, 0.1) is 11.3 Å². The van der Waals surface area contributed by atoms with E-state index in [-0.39, 0.29) is 0 Å². The van der Waals surface area contributed by atoms with Crippen molar-refractivity contribution in [1.29, 1.82) is 5.26 Å². The summed E-state index contributed by atoms with van der Waals surface area (Å²) in [4.78, 5) is 0. The van der Waals surface area contributed by atoms with Gasteiger partial charge in [-0.25, -0.2) is 0 Å². The van der Waals surface area contributed by atoms with E-state index < -0.39 is 0 Å². The SMILES string of the molecule is N#CCc1cscc1Cl. The van der Waals surface area contributed by atoms with Gasteiger partial charge in [0.1, 0.15) is 0 Å². The molecule has 0 saturated carbocycles. The van der Waals surface area contributed by atoms with Crippen molar-refractivity contribution in [2.45, 2.75) is 6.42 Å². The highest BCUT2D eigenvalue weighted by Crippen LogP contribution is 2.20. The molecule has 0 aromatic carbocycles. The summed E-state index contributed by atoms with van der Waals surface area (Å²) in [7, 11) is 0. The summed E-state index contributed by atoms with van der Waals surface area (Å²) in [6.07, 6.45) is 0.419. The molecule has 0 aliphatic heterocycles. The van der Waals surface area contributed by atoms with Crippen molar-refractivity contribution in [3.63, 3.8) is 0 Å². The molecule has 1 aromatic heterocycles. The van der Waals surface area contributed by atoms with Gasteiger partial charge in [0.05, 0.1) is 17.5 Å². The van der Waals surface area contributed by atoms with Gasteiger partial charge >= 0.3 is 0 Å². The Hall–Kier alpha value is -0.520. The molecule has 0 unspecified atom stereocenters. The Morgan fingerprint density at radius 2 is 2.44 bits per heavy atom. The van der Waals surface area contributed by atoms with Crippen LogP contribution in [0.1, 0.15) is 5.56 Å². The summed E-state index contributed by atoms with van der Waals surface area (Å²) in [5.41, 5.74) is 0.934. The Kier molecular flexibility index (Phi) is 2.10. The lowest BCUT2D eigenvalue weighted by atomic mass is 10.3.